The summed E-state index contributed by atoms with van der Waals surface area (Å²) in [6, 6.07) is 11.0. The minimum Gasteiger partial charge on any atom is -0.370 e. The second-order valence-electron chi connectivity index (χ2n) is 17.8. The molecule has 0 radical (unpaired) electrons. The van der Waals surface area contributed by atoms with Gasteiger partial charge in [0.05, 0.1) is 10.7 Å². The minimum absolute atomic E-state index is 0.890. The van der Waals surface area contributed by atoms with Gasteiger partial charge in [-0.2, -0.15) is 0 Å². The standard InChI is InChI=1S/C54H94ClN2/c1-4-6-8-10-12-14-16-18-20-22-24-26-28-30-32-34-36-38-46-57(54-43-42-52(50-53(54)55)41-40-51-44-48-56(3)49-45-51)47-39-37-35-33-31-29-27-25-23-21-19-17-15-13-11-9-7-5-2/h40-45,48-50H,4-39,46-47H2,1-3H3/q+1. The average molecular weight is 807 g/mol. The van der Waals surface area contributed by atoms with Crippen molar-refractivity contribution in [2.75, 3.05) is 18.0 Å². The summed E-state index contributed by atoms with van der Waals surface area (Å²) in [5.41, 5.74) is 3.59. The van der Waals surface area contributed by atoms with Gasteiger partial charge in [0.25, 0.3) is 0 Å². The number of hydrogen-bond donors (Lipinski definition) is 0. The van der Waals surface area contributed by atoms with E-state index in [9.17, 15) is 0 Å². The number of anilines is 1. The molecule has 1 heterocycles. The summed E-state index contributed by atoms with van der Waals surface area (Å²) in [4.78, 5) is 2.60. The summed E-state index contributed by atoms with van der Waals surface area (Å²) < 4.78 is 2.07. The van der Waals surface area contributed by atoms with Crippen LogP contribution in [0.15, 0.2) is 42.7 Å². The van der Waals surface area contributed by atoms with Crippen molar-refractivity contribution in [1.29, 1.82) is 0 Å². The molecule has 0 aliphatic carbocycles. The van der Waals surface area contributed by atoms with Gasteiger partial charge >= 0.3 is 0 Å². The average Bonchev–Trinajstić information content (AvgIpc) is 3.22. The number of rotatable bonds is 41. The van der Waals surface area contributed by atoms with Crippen LogP contribution < -0.4 is 9.47 Å². The third kappa shape index (κ3) is 30.0. The summed E-state index contributed by atoms with van der Waals surface area (Å²) in [7, 11) is 2.06. The van der Waals surface area contributed by atoms with Crippen molar-refractivity contribution >= 4 is 29.4 Å². The molecule has 0 atom stereocenters. The van der Waals surface area contributed by atoms with Gasteiger partial charge in [-0.1, -0.05) is 262 Å². The Hall–Kier alpha value is -1.80. The van der Waals surface area contributed by atoms with Crippen LogP contribution in [0.1, 0.15) is 256 Å². The van der Waals surface area contributed by atoms with Crippen molar-refractivity contribution in [2.24, 2.45) is 7.05 Å². The first-order valence-electron chi connectivity index (χ1n) is 25.3. The van der Waals surface area contributed by atoms with Crippen molar-refractivity contribution in [3.05, 3.63) is 58.9 Å². The maximum absolute atomic E-state index is 7.02. The van der Waals surface area contributed by atoms with E-state index in [-0.39, 0.29) is 0 Å². The number of aryl methyl sites for hydroxylation is 1. The Morgan fingerprint density at radius 3 is 1.02 bits per heavy atom. The molecule has 2 rings (SSSR count). The van der Waals surface area contributed by atoms with Gasteiger partial charge in [-0.3, -0.25) is 0 Å². The molecule has 2 nitrogen and oxygen atoms in total. The van der Waals surface area contributed by atoms with Gasteiger partial charge in [0.1, 0.15) is 7.05 Å². The summed E-state index contributed by atoms with van der Waals surface area (Å²) >= 11 is 7.02. The molecule has 0 bridgehead atoms. The molecule has 0 unspecified atom stereocenters. The predicted molar refractivity (Wildman–Crippen MR) is 258 cm³/mol. The Kier molecular flexibility index (Phi) is 34.6. The molecule has 0 fully saturated rings. The van der Waals surface area contributed by atoms with Crippen molar-refractivity contribution in [3.8, 4) is 0 Å². The van der Waals surface area contributed by atoms with Crippen molar-refractivity contribution in [3.63, 3.8) is 0 Å². The molecule has 0 aliphatic heterocycles. The van der Waals surface area contributed by atoms with Crippen LogP contribution in [0.25, 0.3) is 12.2 Å². The first-order chi connectivity index (χ1) is 28.1. The highest BCUT2D eigenvalue weighted by Gasteiger charge is 2.11. The second kappa shape index (κ2) is 38.4. The van der Waals surface area contributed by atoms with E-state index in [4.69, 9.17) is 11.6 Å². The first-order valence-corrected chi connectivity index (χ1v) is 25.7. The Morgan fingerprint density at radius 2 is 0.702 bits per heavy atom. The molecular formula is C54H94ClN2+. The quantitative estimate of drug-likeness (QED) is 0.0480. The fraction of sp³-hybridized carbons (Fsp3) is 0.759. The van der Waals surface area contributed by atoms with E-state index in [1.54, 1.807) is 0 Å². The summed E-state index contributed by atoms with van der Waals surface area (Å²) in [5.74, 6) is 0. The van der Waals surface area contributed by atoms with Crippen LogP contribution in [0.4, 0.5) is 5.69 Å². The van der Waals surface area contributed by atoms with Gasteiger partial charge in [0.15, 0.2) is 12.4 Å². The molecule has 3 heteroatoms. The summed E-state index contributed by atoms with van der Waals surface area (Å²) in [5, 5.41) is 0.890. The first kappa shape index (κ1) is 51.3. The molecule has 0 saturated heterocycles. The van der Waals surface area contributed by atoms with Crippen LogP contribution in [0.3, 0.4) is 0 Å². The predicted octanol–water partition coefficient (Wildman–Crippen LogP) is 18.2. The van der Waals surface area contributed by atoms with Crippen LogP contribution in [0, 0.1) is 0 Å². The van der Waals surface area contributed by atoms with Crippen LogP contribution in [-0.4, -0.2) is 13.1 Å². The molecule has 0 spiro atoms. The lowest BCUT2D eigenvalue weighted by Gasteiger charge is -2.26. The highest BCUT2D eigenvalue weighted by molar-refractivity contribution is 6.33. The van der Waals surface area contributed by atoms with E-state index >= 15 is 0 Å². The van der Waals surface area contributed by atoms with E-state index in [0.717, 1.165) is 18.1 Å². The molecule has 326 valence electrons. The van der Waals surface area contributed by atoms with E-state index in [0.29, 0.717) is 0 Å². The fourth-order valence-corrected chi connectivity index (χ4v) is 8.77. The Bertz CT molecular complexity index is 1130. The molecule has 57 heavy (non-hydrogen) atoms. The van der Waals surface area contributed by atoms with E-state index in [1.807, 2.05) is 0 Å². The number of hydrogen-bond acceptors (Lipinski definition) is 1. The van der Waals surface area contributed by atoms with E-state index in [1.165, 1.54) is 248 Å². The number of benzene rings is 1. The van der Waals surface area contributed by atoms with Gasteiger partial charge < -0.3 is 4.90 Å². The fourth-order valence-electron chi connectivity index (χ4n) is 8.46. The molecule has 0 N–H and O–H groups in total. The lowest BCUT2D eigenvalue weighted by Crippen LogP contribution is -2.26. The Balaban J connectivity index is 1.62. The maximum Gasteiger partial charge on any atom is 0.169 e. The van der Waals surface area contributed by atoms with Crippen LogP contribution >= 0.6 is 11.6 Å². The van der Waals surface area contributed by atoms with Crippen LogP contribution in [0.2, 0.25) is 5.02 Å². The van der Waals surface area contributed by atoms with Crippen molar-refractivity contribution in [2.45, 2.75) is 245 Å². The van der Waals surface area contributed by atoms with Gasteiger partial charge in [0, 0.05) is 25.2 Å². The van der Waals surface area contributed by atoms with Crippen LogP contribution in [0.5, 0.6) is 0 Å². The molecule has 0 aliphatic rings. The van der Waals surface area contributed by atoms with Gasteiger partial charge in [-0.15, -0.1) is 0 Å². The lowest BCUT2D eigenvalue weighted by atomic mass is 10.0. The zero-order valence-corrected chi connectivity index (χ0v) is 39.1. The maximum atomic E-state index is 7.02. The molecule has 2 aromatic rings. The van der Waals surface area contributed by atoms with Crippen LogP contribution in [-0.2, 0) is 7.05 Å². The van der Waals surface area contributed by atoms with Gasteiger partial charge in [0.2, 0.25) is 0 Å². The summed E-state index contributed by atoms with van der Waals surface area (Å²) in [6.07, 6.45) is 59.7. The number of pyridine rings is 1. The molecule has 1 aromatic heterocycles. The third-order valence-corrected chi connectivity index (χ3v) is 12.7. The number of nitrogens with zero attached hydrogens (tertiary/aromatic N) is 2. The topological polar surface area (TPSA) is 7.12 Å². The zero-order chi connectivity index (χ0) is 40.7. The summed E-state index contributed by atoms with van der Waals surface area (Å²) in [6.45, 7) is 6.85. The SMILES string of the molecule is CCCCCCCCCCCCCCCCCCCCN(CCCCCCCCCCCCCCCCCCCC)c1ccc(C=Cc2cc[n+](C)cc2)cc1Cl. The van der Waals surface area contributed by atoms with E-state index in [2.05, 4.69) is 85.2 Å². The molecule has 1 aromatic carbocycles. The normalized spacial score (nSPS) is 11.6. The third-order valence-electron chi connectivity index (χ3n) is 12.3. The largest absolute Gasteiger partial charge is 0.370 e. The monoisotopic (exact) mass is 806 g/mol. The number of unbranched alkanes of at least 4 members (excludes halogenated alkanes) is 34. The van der Waals surface area contributed by atoms with E-state index < -0.39 is 0 Å². The van der Waals surface area contributed by atoms with Gasteiger partial charge in [-0.25, -0.2) is 4.57 Å². The smallest absolute Gasteiger partial charge is 0.169 e. The number of aromatic nitrogens is 1. The highest BCUT2D eigenvalue weighted by atomic mass is 35.5. The molecular weight excluding hydrogens is 712 g/mol. The molecule has 0 saturated carbocycles. The highest BCUT2D eigenvalue weighted by Crippen LogP contribution is 2.29. The number of halogens is 1. The van der Waals surface area contributed by atoms with Crippen molar-refractivity contribution < 1.29 is 4.57 Å². The molecule has 0 amide bonds. The lowest BCUT2D eigenvalue weighted by molar-refractivity contribution is -0.671. The Morgan fingerprint density at radius 1 is 0.404 bits per heavy atom. The van der Waals surface area contributed by atoms with Gasteiger partial charge in [-0.05, 0) is 36.1 Å². The van der Waals surface area contributed by atoms with Crippen molar-refractivity contribution in [1.82, 2.24) is 0 Å². The minimum atomic E-state index is 0.890. The second-order valence-corrected chi connectivity index (χ2v) is 18.3. The zero-order valence-electron chi connectivity index (χ0n) is 38.3. The Labute approximate surface area is 361 Å².